The predicted octanol–water partition coefficient (Wildman–Crippen LogP) is 19.1. The molecule has 2 atom stereocenters. The molecule has 0 saturated carbocycles. The van der Waals surface area contributed by atoms with E-state index in [9.17, 15) is 0 Å². The minimum atomic E-state index is -0.644. The fourth-order valence-corrected chi connectivity index (χ4v) is 12.6. The summed E-state index contributed by atoms with van der Waals surface area (Å²) in [6.45, 7) is 28.5. The van der Waals surface area contributed by atoms with E-state index in [1.165, 1.54) is 89.0 Å². The van der Waals surface area contributed by atoms with E-state index in [0.29, 0.717) is 0 Å². The van der Waals surface area contributed by atoms with Crippen molar-refractivity contribution in [2.45, 2.75) is 116 Å². The summed E-state index contributed by atoms with van der Waals surface area (Å²) in [6.07, 6.45) is 0. The third kappa shape index (κ3) is 7.64. The van der Waals surface area contributed by atoms with Crippen LogP contribution in [0.25, 0.3) is 22.3 Å². The van der Waals surface area contributed by atoms with Gasteiger partial charge in [0.2, 0.25) is 0 Å². The minimum absolute atomic E-state index is 0.0289. The van der Waals surface area contributed by atoms with Crippen LogP contribution in [0.2, 0.25) is 0 Å². The van der Waals surface area contributed by atoms with Gasteiger partial charge in [-0.2, -0.15) is 0 Å². The zero-order chi connectivity index (χ0) is 51.3. The van der Waals surface area contributed by atoms with Gasteiger partial charge < -0.3 is 4.90 Å². The van der Waals surface area contributed by atoms with E-state index in [4.69, 9.17) is 0 Å². The molecule has 0 radical (unpaired) electrons. The van der Waals surface area contributed by atoms with Gasteiger partial charge in [-0.3, -0.25) is 0 Å². The summed E-state index contributed by atoms with van der Waals surface area (Å²) in [6, 6.07) is 81.3. The van der Waals surface area contributed by atoms with Crippen molar-refractivity contribution in [3.63, 3.8) is 0 Å². The molecule has 2 unspecified atom stereocenters. The monoisotopic (exact) mass is 950 g/mol. The standard InChI is InChI=1S/C72H71N/c1-67(2,3)48-36-38-51(39-37-48)71(49-26-16-13-17-27-49)60-34-24-22-32-56(60)58-42-40-54(46-62(58)71)73(53-30-20-15-21-31-53)55-41-43-59-57-33-23-25-35-61(57)72(63(59)47-55,50-28-18-14-19-29-50)66-64(69(7,8)9)44-52(68(4,5)6)45-65(66)70(10,11)12/h13-47H,1-12H3. The average Bonchev–Trinajstić information content (AvgIpc) is 3.86. The van der Waals surface area contributed by atoms with E-state index in [1.54, 1.807) is 0 Å². The maximum atomic E-state index is 2.56. The van der Waals surface area contributed by atoms with Gasteiger partial charge in [0.1, 0.15) is 0 Å². The SMILES string of the molecule is CC(C)(C)c1ccc(C2(c3ccccc3)c3ccccc3-c3ccc(N(c4ccccc4)c4ccc5c(c4)C(c4ccccc4)(c4c(C(C)(C)C)cc(C(C)(C)C)cc4C(C)(C)C)c4ccccc4-5)cc32)cc1. The van der Waals surface area contributed by atoms with Crippen LogP contribution in [0.1, 0.15) is 150 Å². The van der Waals surface area contributed by atoms with Gasteiger partial charge in [0.05, 0.1) is 10.8 Å². The minimum Gasteiger partial charge on any atom is -0.310 e. The molecular formula is C72H71N. The van der Waals surface area contributed by atoms with E-state index in [-0.39, 0.29) is 21.7 Å². The molecule has 9 aromatic rings. The largest absolute Gasteiger partial charge is 0.310 e. The first-order chi connectivity index (χ1) is 34.7. The van der Waals surface area contributed by atoms with Crippen LogP contribution in [0.5, 0.6) is 0 Å². The molecule has 2 aliphatic rings. The summed E-state index contributed by atoms with van der Waals surface area (Å²) in [5.74, 6) is 0. The highest BCUT2D eigenvalue weighted by molar-refractivity contribution is 5.93. The Bertz CT molecular complexity index is 3480. The van der Waals surface area contributed by atoms with Crippen LogP contribution < -0.4 is 4.90 Å². The normalized spacial score (nSPS) is 17.2. The average molecular weight is 950 g/mol. The van der Waals surface area contributed by atoms with Crippen LogP contribution in [0.4, 0.5) is 17.1 Å². The molecule has 0 amide bonds. The fraction of sp³-hybridized carbons (Fsp3) is 0.250. The molecule has 1 nitrogen and oxygen atoms in total. The summed E-state index contributed by atoms with van der Waals surface area (Å²) in [5, 5.41) is 0. The quantitative estimate of drug-likeness (QED) is 0.154. The third-order valence-corrected chi connectivity index (χ3v) is 16.2. The molecule has 0 fully saturated rings. The zero-order valence-corrected chi connectivity index (χ0v) is 45.2. The second-order valence-electron chi connectivity index (χ2n) is 25.0. The van der Waals surface area contributed by atoms with Crippen molar-refractivity contribution in [1.82, 2.24) is 0 Å². The number of fused-ring (bicyclic) bond motifs is 6. The lowest BCUT2D eigenvalue weighted by molar-refractivity contribution is 0.524. The maximum absolute atomic E-state index is 2.56. The van der Waals surface area contributed by atoms with Crippen molar-refractivity contribution in [1.29, 1.82) is 0 Å². The van der Waals surface area contributed by atoms with Gasteiger partial charge in [-0.1, -0.05) is 259 Å². The number of rotatable bonds is 7. The molecule has 1 heteroatoms. The Hall–Kier alpha value is -7.22. The van der Waals surface area contributed by atoms with Crippen LogP contribution >= 0.6 is 0 Å². The van der Waals surface area contributed by atoms with Gasteiger partial charge in [0.25, 0.3) is 0 Å². The third-order valence-electron chi connectivity index (χ3n) is 16.2. The fourth-order valence-electron chi connectivity index (χ4n) is 12.6. The lowest BCUT2D eigenvalue weighted by Crippen LogP contribution is -2.36. The lowest BCUT2D eigenvalue weighted by Gasteiger charge is -2.43. The van der Waals surface area contributed by atoms with Gasteiger partial charge in [0.15, 0.2) is 0 Å². The highest BCUT2D eigenvalue weighted by Gasteiger charge is 2.51. The number of para-hydroxylation sites is 1. The first-order valence-electron chi connectivity index (χ1n) is 26.5. The molecule has 0 aromatic heterocycles. The molecular weight excluding hydrogens is 879 g/mol. The molecule has 0 bridgehead atoms. The van der Waals surface area contributed by atoms with Crippen molar-refractivity contribution >= 4 is 17.1 Å². The van der Waals surface area contributed by atoms with Gasteiger partial charge >= 0.3 is 0 Å². The topological polar surface area (TPSA) is 3.24 Å². The molecule has 364 valence electrons. The second-order valence-corrected chi connectivity index (χ2v) is 25.0. The van der Waals surface area contributed by atoms with Crippen molar-refractivity contribution in [2.24, 2.45) is 0 Å². The summed E-state index contributed by atoms with van der Waals surface area (Å²) >= 11 is 0. The van der Waals surface area contributed by atoms with E-state index >= 15 is 0 Å². The molecule has 9 aromatic carbocycles. The summed E-state index contributed by atoms with van der Waals surface area (Å²) in [5.41, 5.74) is 22.9. The van der Waals surface area contributed by atoms with Crippen molar-refractivity contribution in [3.8, 4) is 22.3 Å². The molecule has 0 aliphatic heterocycles. The highest BCUT2D eigenvalue weighted by atomic mass is 15.1. The molecule has 73 heavy (non-hydrogen) atoms. The van der Waals surface area contributed by atoms with Gasteiger partial charge in [-0.25, -0.2) is 0 Å². The van der Waals surface area contributed by atoms with Crippen LogP contribution in [-0.2, 0) is 32.5 Å². The van der Waals surface area contributed by atoms with E-state index < -0.39 is 10.8 Å². The van der Waals surface area contributed by atoms with Crippen LogP contribution in [0.3, 0.4) is 0 Å². The Morgan fingerprint density at radius 3 is 1.10 bits per heavy atom. The molecule has 0 heterocycles. The zero-order valence-electron chi connectivity index (χ0n) is 45.2. The van der Waals surface area contributed by atoms with Gasteiger partial charge in [0, 0.05) is 17.1 Å². The van der Waals surface area contributed by atoms with Crippen LogP contribution in [0.15, 0.2) is 212 Å². The molecule has 11 rings (SSSR count). The first-order valence-corrected chi connectivity index (χ1v) is 26.5. The second kappa shape index (κ2) is 17.2. The van der Waals surface area contributed by atoms with Crippen LogP contribution in [0, 0.1) is 0 Å². The van der Waals surface area contributed by atoms with Gasteiger partial charge in [-0.05, 0) is 147 Å². The lowest BCUT2D eigenvalue weighted by atomic mass is 9.59. The van der Waals surface area contributed by atoms with Crippen LogP contribution in [-0.4, -0.2) is 0 Å². The van der Waals surface area contributed by atoms with E-state index in [0.717, 1.165) is 17.1 Å². The highest BCUT2D eigenvalue weighted by Crippen LogP contribution is 2.62. The number of anilines is 3. The van der Waals surface area contributed by atoms with E-state index in [2.05, 4.69) is 300 Å². The molecule has 0 spiro atoms. The van der Waals surface area contributed by atoms with Crippen molar-refractivity contribution in [2.75, 3.05) is 4.90 Å². The smallest absolute Gasteiger partial charge is 0.0720 e. The number of nitrogens with zero attached hydrogens (tertiary/aromatic N) is 1. The van der Waals surface area contributed by atoms with Crippen molar-refractivity contribution in [3.05, 3.63) is 279 Å². The van der Waals surface area contributed by atoms with Gasteiger partial charge in [-0.15, -0.1) is 0 Å². The number of benzene rings is 9. The Morgan fingerprint density at radius 1 is 0.274 bits per heavy atom. The summed E-state index contributed by atoms with van der Waals surface area (Å²) in [4.78, 5) is 2.51. The first kappa shape index (κ1) is 48.1. The Kier molecular flexibility index (Phi) is 11.3. The maximum Gasteiger partial charge on any atom is 0.0720 e. The Balaban J connectivity index is 1.23. The molecule has 2 aliphatic carbocycles. The number of hydrogen-bond acceptors (Lipinski definition) is 1. The Morgan fingerprint density at radius 2 is 0.644 bits per heavy atom. The molecule has 0 saturated heterocycles. The summed E-state index contributed by atoms with van der Waals surface area (Å²) < 4.78 is 0. The van der Waals surface area contributed by atoms with E-state index in [1.807, 2.05) is 0 Å². The summed E-state index contributed by atoms with van der Waals surface area (Å²) in [7, 11) is 0. The molecule has 0 N–H and O–H groups in total. The Labute approximate surface area is 436 Å². The van der Waals surface area contributed by atoms with Crippen molar-refractivity contribution < 1.29 is 0 Å². The number of hydrogen-bond donors (Lipinski definition) is 0. The predicted molar refractivity (Wildman–Crippen MR) is 311 cm³/mol.